The van der Waals surface area contributed by atoms with Crippen LogP contribution in [0.3, 0.4) is 0 Å². The second kappa shape index (κ2) is 2.19. The molecule has 1 spiro atoms. The predicted molar refractivity (Wildman–Crippen MR) is 41.3 cm³/mol. The Bertz CT molecular complexity index is 156. The molecule has 3 nitrogen and oxygen atoms in total. The zero-order valence-electron chi connectivity index (χ0n) is 7.14. The highest BCUT2D eigenvalue weighted by Gasteiger charge is 2.53. The van der Waals surface area contributed by atoms with Gasteiger partial charge in [-0.15, -0.1) is 0 Å². The van der Waals surface area contributed by atoms with E-state index in [1.54, 1.807) is 0 Å². The van der Waals surface area contributed by atoms with Crippen LogP contribution in [0.5, 0.6) is 0 Å². The van der Waals surface area contributed by atoms with Crippen molar-refractivity contribution in [1.29, 1.82) is 0 Å². The third-order valence-electron chi connectivity index (χ3n) is 2.71. The Labute approximate surface area is 67.1 Å². The molecule has 2 fully saturated rings. The Hall–Kier alpha value is -0.120. The summed E-state index contributed by atoms with van der Waals surface area (Å²) in [4.78, 5) is 0. The van der Waals surface area contributed by atoms with Gasteiger partial charge in [-0.1, -0.05) is 13.8 Å². The van der Waals surface area contributed by atoms with E-state index in [0.29, 0.717) is 0 Å². The van der Waals surface area contributed by atoms with Crippen LogP contribution in [-0.4, -0.2) is 32.1 Å². The van der Waals surface area contributed by atoms with Crippen molar-refractivity contribution < 1.29 is 9.47 Å². The minimum atomic E-state index is -0.326. The van der Waals surface area contributed by atoms with Crippen LogP contribution >= 0.6 is 0 Å². The van der Waals surface area contributed by atoms with Gasteiger partial charge in [0, 0.05) is 12.0 Å². The Morgan fingerprint density at radius 2 is 1.73 bits per heavy atom. The van der Waals surface area contributed by atoms with Crippen molar-refractivity contribution in [2.75, 3.05) is 26.3 Å². The summed E-state index contributed by atoms with van der Waals surface area (Å²) in [7, 11) is 0. The first-order valence-corrected chi connectivity index (χ1v) is 4.15. The largest absolute Gasteiger partial charge is 0.346 e. The Morgan fingerprint density at radius 1 is 1.09 bits per heavy atom. The van der Waals surface area contributed by atoms with Crippen molar-refractivity contribution in [2.24, 2.45) is 5.41 Å². The van der Waals surface area contributed by atoms with Crippen LogP contribution in [-0.2, 0) is 9.47 Å². The van der Waals surface area contributed by atoms with Crippen LogP contribution in [0.25, 0.3) is 0 Å². The molecular weight excluding hydrogens is 142 g/mol. The van der Waals surface area contributed by atoms with E-state index in [1.165, 1.54) is 0 Å². The topological polar surface area (TPSA) is 30.5 Å². The monoisotopic (exact) mass is 157 g/mol. The van der Waals surface area contributed by atoms with Gasteiger partial charge in [-0.25, -0.2) is 0 Å². The minimum absolute atomic E-state index is 0.115. The molecule has 0 bridgehead atoms. The van der Waals surface area contributed by atoms with Crippen molar-refractivity contribution in [3.05, 3.63) is 0 Å². The van der Waals surface area contributed by atoms with Gasteiger partial charge in [-0.3, -0.25) is 0 Å². The van der Waals surface area contributed by atoms with Crippen molar-refractivity contribution in [3.8, 4) is 0 Å². The summed E-state index contributed by atoms with van der Waals surface area (Å²) in [6, 6.07) is 0. The maximum absolute atomic E-state index is 5.63. The van der Waals surface area contributed by atoms with Crippen molar-refractivity contribution >= 4 is 0 Å². The third kappa shape index (κ3) is 0.916. The SMILES string of the molecule is CC1(C)CNCC12OCCO2. The van der Waals surface area contributed by atoms with Crippen LogP contribution in [0.2, 0.25) is 0 Å². The highest BCUT2D eigenvalue weighted by Crippen LogP contribution is 2.40. The average Bonchev–Trinajstić information content (AvgIpc) is 2.45. The Kier molecular flexibility index (Phi) is 1.50. The molecular formula is C8H15NO2. The molecule has 0 unspecified atom stereocenters. The molecule has 64 valence electrons. The number of rotatable bonds is 0. The second-order valence-corrected chi connectivity index (χ2v) is 3.94. The summed E-state index contributed by atoms with van der Waals surface area (Å²) < 4.78 is 11.3. The molecule has 0 saturated carbocycles. The summed E-state index contributed by atoms with van der Waals surface area (Å²) in [6.07, 6.45) is 0. The van der Waals surface area contributed by atoms with Crippen LogP contribution in [0.15, 0.2) is 0 Å². The van der Waals surface area contributed by atoms with Gasteiger partial charge in [0.15, 0.2) is 5.79 Å². The Balaban J connectivity index is 2.22. The first-order valence-electron chi connectivity index (χ1n) is 4.15. The van der Waals surface area contributed by atoms with Crippen LogP contribution in [0.4, 0.5) is 0 Å². The molecule has 0 aliphatic carbocycles. The molecule has 3 heteroatoms. The molecule has 0 radical (unpaired) electrons. The maximum Gasteiger partial charge on any atom is 0.187 e. The summed E-state index contributed by atoms with van der Waals surface area (Å²) in [6.45, 7) is 7.65. The van der Waals surface area contributed by atoms with Crippen LogP contribution in [0.1, 0.15) is 13.8 Å². The van der Waals surface area contributed by atoms with E-state index in [4.69, 9.17) is 9.47 Å². The molecule has 0 aromatic rings. The molecule has 0 atom stereocenters. The van der Waals surface area contributed by atoms with E-state index in [-0.39, 0.29) is 11.2 Å². The van der Waals surface area contributed by atoms with Gasteiger partial charge in [-0.05, 0) is 0 Å². The van der Waals surface area contributed by atoms with Gasteiger partial charge < -0.3 is 14.8 Å². The van der Waals surface area contributed by atoms with Gasteiger partial charge in [0.1, 0.15) is 0 Å². The van der Waals surface area contributed by atoms with Gasteiger partial charge in [0.05, 0.1) is 19.8 Å². The maximum atomic E-state index is 5.63. The van der Waals surface area contributed by atoms with E-state index in [1.807, 2.05) is 0 Å². The molecule has 0 aromatic heterocycles. The van der Waals surface area contributed by atoms with E-state index in [0.717, 1.165) is 26.3 Å². The molecule has 2 heterocycles. The third-order valence-corrected chi connectivity index (χ3v) is 2.71. The lowest BCUT2D eigenvalue weighted by molar-refractivity contribution is -0.198. The van der Waals surface area contributed by atoms with Gasteiger partial charge in [0.2, 0.25) is 0 Å². The van der Waals surface area contributed by atoms with Crippen molar-refractivity contribution in [1.82, 2.24) is 5.32 Å². The number of hydrogen-bond acceptors (Lipinski definition) is 3. The highest BCUT2D eigenvalue weighted by atomic mass is 16.7. The molecule has 0 amide bonds. The molecule has 11 heavy (non-hydrogen) atoms. The predicted octanol–water partition coefficient (Wildman–Crippen LogP) is 0.359. The lowest BCUT2D eigenvalue weighted by Crippen LogP contribution is -2.44. The normalized spacial score (nSPS) is 33.3. The van der Waals surface area contributed by atoms with Crippen molar-refractivity contribution in [3.63, 3.8) is 0 Å². The first kappa shape index (κ1) is 7.53. The minimum Gasteiger partial charge on any atom is -0.346 e. The average molecular weight is 157 g/mol. The molecule has 1 N–H and O–H groups in total. The molecule has 0 aromatic carbocycles. The fraction of sp³-hybridized carbons (Fsp3) is 1.00. The fourth-order valence-electron chi connectivity index (χ4n) is 1.86. The Morgan fingerprint density at radius 3 is 2.18 bits per heavy atom. The van der Waals surface area contributed by atoms with Gasteiger partial charge in [0.25, 0.3) is 0 Å². The van der Waals surface area contributed by atoms with Crippen LogP contribution < -0.4 is 5.32 Å². The molecule has 2 aliphatic heterocycles. The smallest absolute Gasteiger partial charge is 0.187 e. The lowest BCUT2D eigenvalue weighted by Gasteiger charge is -2.34. The summed E-state index contributed by atoms with van der Waals surface area (Å²) in [5, 5.41) is 3.30. The standard InChI is InChI=1S/C8H15NO2/c1-7(2)5-9-6-8(7)10-3-4-11-8/h9H,3-6H2,1-2H3. The molecule has 2 rings (SSSR count). The van der Waals surface area contributed by atoms with Gasteiger partial charge >= 0.3 is 0 Å². The highest BCUT2D eigenvalue weighted by molar-refractivity contribution is 4.98. The zero-order chi connectivity index (χ0) is 7.95. The van der Waals surface area contributed by atoms with Crippen molar-refractivity contribution in [2.45, 2.75) is 19.6 Å². The summed E-state index contributed by atoms with van der Waals surface area (Å²) in [5.74, 6) is -0.326. The van der Waals surface area contributed by atoms with Gasteiger partial charge in [-0.2, -0.15) is 0 Å². The number of ether oxygens (including phenoxy) is 2. The quantitative estimate of drug-likeness (QED) is 0.550. The summed E-state index contributed by atoms with van der Waals surface area (Å²) >= 11 is 0. The molecule has 2 aliphatic rings. The van der Waals surface area contributed by atoms with Crippen LogP contribution in [0, 0.1) is 5.41 Å². The second-order valence-electron chi connectivity index (χ2n) is 3.94. The first-order chi connectivity index (χ1) is 5.16. The van der Waals surface area contributed by atoms with E-state index in [2.05, 4.69) is 19.2 Å². The molecule has 2 saturated heterocycles. The van der Waals surface area contributed by atoms with E-state index >= 15 is 0 Å². The fourth-order valence-corrected chi connectivity index (χ4v) is 1.86. The van der Waals surface area contributed by atoms with E-state index < -0.39 is 0 Å². The number of hydrogen-bond donors (Lipinski definition) is 1. The lowest BCUT2D eigenvalue weighted by atomic mass is 9.86. The summed E-state index contributed by atoms with van der Waals surface area (Å²) in [5.41, 5.74) is 0.115. The zero-order valence-corrected chi connectivity index (χ0v) is 7.14. The number of nitrogens with one attached hydrogen (secondary N) is 1. The van der Waals surface area contributed by atoms with E-state index in [9.17, 15) is 0 Å².